The van der Waals surface area contributed by atoms with Crippen LogP contribution in [-0.2, 0) is 13.5 Å². The van der Waals surface area contributed by atoms with E-state index in [4.69, 9.17) is 0 Å². The molecule has 0 aliphatic rings. The monoisotopic (exact) mass is 247 g/mol. The van der Waals surface area contributed by atoms with Gasteiger partial charge >= 0.3 is 0 Å². The molecule has 0 radical (unpaired) electrons. The fraction of sp³-hybridized carbons (Fsp3) is 0.273. The Balaban J connectivity index is 1.91. The smallest absolute Gasteiger partial charge is 0.271 e. The van der Waals surface area contributed by atoms with Crippen LogP contribution in [0.4, 0.5) is 0 Å². The molecular weight excluding hydrogens is 234 g/mol. The van der Waals surface area contributed by atoms with E-state index >= 15 is 0 Å². The number of imidazole rings is 1. The maximum Gasteiger partial charge on any atom is 0.271 e. The number of H-pyrrole nitrogens is 1. The summed E-state index contributed by atoms with van der Waals surface area (Å²) < 4.78 is 1.13. The highest BCUT2D eigenvalue weighted by Gasteiger charge is 2.07. The molecule has 7 heteroatoms. The first-order valence-corrected chi connectivity index (χ1v) is 5.47. The molecule has 1 amide bonds. The lowest BCUT2D eigenvalue weighted by molar-refractivity contribution is 0.0946. The molecule has 0 saturated heterocycles. The summed E-state index contributed by atoms with van der Waals surface area (Å²) in [5.41, 5.74) is -0.0290. The van der Waals surface area contributed by atoms with Crippen molar-refractivity contribution in [3.05, 3.63) is 46.4 Å². The average molecular weight is 247 g/mol. The van der Waals surface area contributed by atoms with Crippen LogP contribution >= 0.6 is 0 Å². The first kappa shape index (κ1) is 12.0. The van der Waals surface area contributed by atoms with E-state index in [1.807, 2.05) is 0 Å². The van der Waals surface area contributed by atoms with Gasteiger partial charge in [0.1, 0.15) is 11.5 Å². The van der Waals surface area contributed by atoms with Crippen molar-refractivity contribution in [3.63, 3.8) is 0 Å². The molecule has 0 atom stereocenters. The number of nitrogens with one attached hydrogen (secondary N) is 2. The van der Waals surface area contributed by atoms with Gasteiger partial charge in [-0.1, -0.05) is 0 Å². The Morgan fingerprint density at radius 1 is 1.50 bits per heavy atom. The number of aromatic amines is 1. The molecule has 94 valence electrons. The van der Waals surface area contributed by atoms with E-state index in [1.165, 1.54) is 19.2 Å². The maximum atomic E-state index is 11.7. The van der Waals surface area contributed by atoms with Gasteiger partial charge in [-0.25, -0.2) is 9.67 Å². The number of hydrogen-bond acceptors (Lipinski definition) is 4. The van der Waals surface area contributed by atoms with Crippen molar-refractivity contribution in [3.8, 4) is 0 Å². The van der Waals surface area contributed by atoms with Gasteiger partial charge in [0.05, 0.1) is 0 Å². The Bertz CT molecular complexity index is 588. The Labute approximate surface area is 103 Å². The van der Waals surface area contributed by atoms with Crippen LogP contribution in [0.15, 0.2) is 29.3 Å². The summed E-state index contributed by atoms with van der Waals surface area (Å²) in [6.07, 6.45) is 4.00. The number of carbonyl (C=O) groups is 1. The number of rotatable bonds is 4. The second kappa shape index (κ2) is 5.26. The molecule has 0 fully saturated rings. The molecule has 2 rings (SSSR count). The van der Waals surface area contributed by atoms with Gasteiger partial charge in [0, 0.05) is 38.5 Å². The van der Waals surface area contributed by atoms with Crippen LogP contribution in [0.1, 0.15) is 16.3 Å². The molecule has 18 heavy (non-hydrogen) atoms. The summed E-state index contributed by atoms with van der Waals surface area (Å²) in [5, 5.41) is 6.56. The van der Waals surface area contributed by atoms with Crippen LogP contribution in [0.25, 0.3) is 0 Å². The van der Waals surface area contributed by atoms with E-state index in [0.717, 1.165) is 10.5 Å². The third-order valence-corrected chi connectivity index (χ3v) is 2.40. The fourth-order valence-electron chi connectivity index (χ4n) is 1.44. The average Bonchev–Trinajstić information content (AvgIpc) is 2.85. The molecule has 0 saturated carbocycles. The van der Waals surface area contributed by atoms with Gasteiger partial charge in [0.25, 0.3) is 11.5 Å². The first-order chi connectivity index (χ1) is 8.66. The largest absolute Gasteiger partial charge is 0.350 e. The summed E-state index contributed by atoms with van der Waals surface area (Å²) in [7, 11) is 1.50. The minimum Gasteiger partial charge on any atom is -0.350 e. The van der Waals surface area contributed by atoms with Gasteiger partial charge in [0.15, 0.2) is 0 Å². The summed E-state index contributed by atoms with van der Waals surface area (Å²) in [5.74, 6) is 0.501. The van der Waals surface area contributed by atoms with Crippen molar-refractivity contribution in [1.29, 1.82) is 0 Å². The molecule has 0 aromatic carbocycles. The lowest BCUT2D eigenvalue weighted by Crippen LogP contribution is -2.29. The van der Waals surface area contributed by atoms with Crippen molar-refractivity contribution < 1.29 is 4.79 Å². The third-order valence-electron chi connectivity index (χ3n) is 2.40. The SMILES string of the molecule is Cn1nc(C(=O)NCCc2ncc[nH]2)ccc1=O. The molecule has 2 heterocycles. The van der Waals surface area contributed by atoms with Crippen molar-refractivity contribution in [1.82, 2.24) is 25.1 Å². The van der Waals surface area contributed by atoms with Gasteiger partial charge in [-0.2, -0.15) is 5.10 Å². The lowest BCUT2D eigenvalue weighted by Gasteiger charge is -2.04. The van der Waals surface area contributed by atoms with E-state index in [0.29, 0.717) is 13.0 Å². The van der Waals surface area contributed by atoms with Crippen molar-refractivity contribution >= 4 is 5.91 Å². The quantitative estimate of drug-likeness (QED) is 0.760. The Hall–Kier alpha value is -2.44. The molecule has 0 bridgehead atoms. The van der Waals surface area contributed by atoms with Crippen molar-refractivity contribution in [2.24, 2.45) is 7.05 Å². The summed E-state index contributed by atoms with van der Waals surface area (Å²) in [4.78, 5) is 29.8. The van der Waals surface area contributed by atoms with Crippen LogP contribution in [0, 0.1) is 0 Å². The number of amides is 1. The van der Waals surface area contributed by atoms with Crippen LogP contribution in [0.5, 0.6) is 0 Å². The molecular formula is C11H13N5O2. The number of aryl methyl sites for hydroxylation is 1. The highest BCUT2D eigenvalue weighted by Crippen LogP contribution is 1.92. The highest BCUT2D eigenvalue weighted by molar-refractivity contribution is 5.91. The highest BCUT2D eigenvalue weighted by atomic mass is 16.2. The summed E-state index contributed by atoms with van der Waals surface area (Å²) in [6, 6.07) is 2.72. The second-order valence-electron chi connectivity index (χ2n) is 3.72. The molecule has 7 nitrogen and oxygen atoms in total. The predicted molar refractivity (Wildman–Crippen MR) is 64.1 cm³/mol. The number of nitrogens with zero attached hydrogens (tertiary/aromatic N) is 3. The molecule has 2 aromatic rings. The third kappa shape index (κ3) is 2.82. The molecule has 0 aliphatic carbocycles. The van der Waals surface area contributed by atoms with Crippen LogP contribution < -0.4 is 10.9 Å². The van der Waals surface area contributed by atoms with Crippen LogP contribution in [-0.4, -0.2) is 32.2 Å². The molecule has 0 aliphatic heterocycles. The Morgan fingerprint density at radius 2 is 2.33 bits per heavy atom. The predicted octanol–water partition coefficient (Wildman–Crippen LogP) is -0.524. The number of aromatic nitrogens is 4. The fourth-order valence-corrected chi connectivity index (χ4v) is 1.44. The Morgan fingerprint density at radius 3 is 3.00 bits per heavy atom. The van der Waals surface area contributed by atoms with E-state index in [9.17, 15) is 9.59 Å². The van der Waals surface area contributed by atoms with Gasteiger partial charge < -0.3 is 10.3 Å². The molecule has 2 aromatic heterocycles. The minimum absolute atomic E-state index is 0.219. The summed E-state index contributed by atoms with van der Waals surface area (Å²) in [6.45, 7) is 0.455. The zero-order chi connectivity index (χ0) is 13.0. The lowest BCUT2D eigenvalue weighted by atomic mass is 10.3. The Kier molecular flexibility index (Phi) is 3.52. The normalized spacial score (nSPS) is 10.3. The van der Waals surface area contributed by atoms with Crippen molar-refractivity contribution in [2.45, 2.75) is 6.42 Å². The maximum absolute atomic E-state index is 11.7. The minimum atomic E-state index is -0.308. The van der Waals surface area contributed by atoms with E-state index in [-0.39, 0.29) is 17.2 Å². The van der Waals surface area contributed by atoms with Gasteiger partial charge in [0.2, 0.25) is 0 Å². The number of carbonyl (C=O) groups excluding carboxylic acids is 1. The van der Waals surface area contributed by atoms with Gasteiger partial charge in [-0.15, -0.1) is 0 Å². The molecule has 0 unspecified atom stereocenters. The van der Waals surface area contributed by atoms with Gasteiger partial charge in [-0.3, -0.25) is 9.59 Å². The van der Waals surface area contributed by atoms with Crippen LogP contribution in [0.3, 0.4) is 0 Å². The second-order valence-corrected chi connectivity index (χ2v) is 3.72. The topological polar surface area (TPSA) is 92.7 Å². The van der Waals surface area contributed by atoms with Crippen molar-refractivity contribution in [2.75, 3.05) is 6.54 Å². The van der Waals surface area contributed by atoms with E-state index in [2.05, 4.69) is 20.4 Å². The standard InChI is InChI=1S/C11H13N5O2/c1-16-10(17)3-2-8(15-16)11(18)14-5-4-9-12-6-7-13-9/h2-3,6-7H,4-5H2,1H3,(H,12,13)(H,14,18). The van der Waals surface area contributed by atoms with Gasteiger partial charge in [-0.05, 0) is 6.07 Å². The molecule has 0 spiro atoms. The zero-order valence-corrected chi connectivity index (χ0v) is 9.88. The number of hydrogen-bond donors (Lipinski definition) is 2. The zero-order valence-electron chi connectivity index (χ0n) is 9.88. The van der Waals surface area contributed by atoms with Crippen LogP contribution in [0.2, 0.25) is 0 Å². The first-order valence-electron chi connectivity index (χ1n) is 5.47. The molecule has 2 N–H and O–H groups in total. The van der Waals surface area contributed by atoms with E-state index in [1.54, 1.807) is 12.4 Å². The van der Waals surface area contributed by atoms with E-state index < -0.39 is 0 Å². The summed E-state index contributed by atoms with van der Waals surface area (Å²) >= 11 is 0.